The number of rotatable bonds is 2. The molecule has 2 N–H and O–H groups in total. The lowest BCUT2D eigenvalue weighted by Crippen LogP contribution is -2.15. The van der Waals surface area contributed by atoms with Crippen molar-refractivity contribution in [2.75, 3.05) is 0 Å². The van der Waals surface area contributed by atoms with Gasteiger partial charge in [-0.25, -0.2) is 9.78 Å². The molecule has 1 rings (SSSR count). The van der Waals surface area contributed by atoms with Crippen LogP contribution in [0.1, 0.15) is 23.3 Å². The van der Waals surface area contributed by atoms with Crippen molar-refractivity contribution in [3.63, 3.8) is 0 Å². The molecular weight excluding hydrogens is 172 g/mol. The van der Waals surface area contributed by atoms with Gasteiger partial charge in [0.2, 0.25) is 0 Å². The number of hydrogen-bond donors (Lipinski definition) is 2. The van der Waals surface area contributed by atoms with Gasteiger partial charge in [-0.1, -0.05) is 0 Å². The number of aliphatic hydroxyl groups is 1. The third-order valence-corrected chi connectivity index (χ3v) is 2.04. The van der Waals surface area contributed by atoms with Crippen molar-refractivity contribution in [1.82, 2.24) is 9.55 Å². The first-order chi connectivity index (χ1) is 5.95. The van der Waals surface area contributed by atoms with Crippen molar-refractivity contribution in [3.05, 3.63) is 17.2 Å². The summed E-state index contributed by atoms with van der Waals surface area (Å²) >= 11 is 0. The molecule has 0 amide bonds. The first-order valence-electron chi connectivity index (χ1n) is 3.85. The lowest BCUT2D eigenvalue weighted by molar-refractivity contribution is -0.147. The van der Waals surface area contributed by atoms with Crippen molar-refractivity contribution < 1.29 is 15.0 Å². The van der Waals surface area contributed by atoms with Crippen molar-refractivity contribution in [2.45, 2.75) is 20.0 Å². The third-order valence-electron chi connectivity index (χ3n) is 2.04. The van der Waals surface area contributed by atoms with Gasteiger partial charge >= 0.3 is 5.97 Å². The zero-order valence-corrected chi connectivity index (χ0v) is 7.77. The van der Waals surface area contributed by atoms with E-state index < -0.39 is 12.1 Å². The molecule has 1 atom stereocenters. The molecule has 0 radical (unpaired) electrons. The molecule has 1 unspecified atom stereocenters. The second-order valence-corrected chi connectivity index (χ2v) is 2.93. The lowest BCUT2D eigenvalue weighted by Gasteiger charge is -2.07. The van der Waals surface area contributed by atoms with E-state index in [1.807, 2.05) is 0 Å². The molecule has 13 heavy (non-hydrogen) atoms. The number of aromatic nitrogens is 2. The smallest absolute Gasteiger partial charge is 0.338 e. The van der Waals surface area contributed by atoms with Crippen molar-refractivity contribution in [2.24, 2.45) is 7.05 Å². The van der Waals surface area contributed by atoms with Crippen LogP contribution in [0.5, 0.6) is 0 Å². The SMILES string of the molecule is Cc1nc(C)n(C)c1C(O)C(=O)O. The van der Waals surface area contributed by atoms with Crippen LogP contribution in [-0.4, -0.2) is 25.7 Å². The Morgan fingerprint density at radius 3 is 2.38 bits per heavy atom. The number of hydrogen-bond acceptors (Lipinski definition) is 3. The summed E-state index contributed by atoms with van der Waals surface area (Å²) in [5.41, 5.74) is 0.889. The minimum Gasteiger partial charge on any atom is -0.479 e. The zero-order chi connectivity index (χ0) is 10.2. The number of aryl methyl sites for hydroxylation is 2. The van der Waals surface area contributed by atoms with E-state index in [9.17, 15) is 9.90 Å². The Morgan fingerprint density at radius 1 is 1.54 bits per heavy atom. The van der Waals surface area contributed by atoms with E-state index in [2.05, 4.69) is 4.98 Å². The predicted molar refractivity (Wildman–Crippen MR) is 45.3 cm³/mol. The van der Waals surface area contributed by atoms with Gasteiger partial charge in [0.25, 0.3) is 0 Å². The summed E-state index contributed by atoms with van der Waals surface area (Å²) in [6, 6.07) is 0. The molecule has 1 aromatic heterocycles. The minimum atomic E-state index is -1.49. The molecule has 5 heteroatoms. The van der Waals surface area contributed by atoms with Gasteiger partial charge in [0.1, 0.15) is 5.82 Å². The standard InChI is InChI=1S/C8H12N2O3/c1-4-6(7(11)8(12)13)10(3)5(2)9-4/h7,11H,1-3H3,(H,12,13). The summed E-state index contributed by atoms with van der Waals surface area (Å²) in [4.78, 5) is 14.6. The van der Waals surface area contributed by atoms with Crippen LogP contribution < -0.4 is 0 Å². The molecule has 0 saturated carbocycles. The molecule has 1 aromatic rings. The number of imidazole rings is 1. The number of carboxylic acids is 1. The van der Waals surface area contributed by atoms with Gasteiger partial charge in [-0.15, -0.1) is 0 Å². The minimum absolute atomic E-state index is 0.338. The molecule has 1 heterocycles. The van der Waals surface area contributed by atoms with Crippen LogP contribution in [0.25, 0.3) is 0 Å². The van der Waals surface area contributed by atoms with Crippen LogP contribution in [0.2, 0.25) is 0 Å². The van der Waals surface area contributed by atoms with Gasteiger partial charge < -0.3 is 14.8 Å². The predicted octanol–water partition coefficient (Wildman–Crippen LogP) is 0.155. The molecule has 0 aliphatic heterocycles. The van der Waals surface area contributed by atoms with E-state index >= 15 is 0 Å². The van der Waals surface area contributed by atoms with Crippen LogP contribution in [0.15, 0.2) is 0 Å². The van der Waals surface area contributed by atoms with Crippen molar-refractivity contribution in [1.29, 1.82) is 0 Å². The molecule has 0 bridgehead atoms. The highest BCUT2D eigenvalue weighted by Crippen LogP contribution is 2.17. The van der Waals surface area contributed by atoms with E-state index in [1.165, 1.54) is 0 Å². The number of nitrogens with zero attached hydrogens (tertiary/aromatic N) is 2. The van der Waals surface area contributed by atoms with Crippen LogP contribution in [0.3, 0.4) is 0 Å². The number of aliphatic carboxylic acids is 1. The maximum absolute atomic E-state index is 10.5. The van der Waals surface area contributed by atoms with E-state index in [4.69, 9.17) is 5.11 Å². The summed E-state index contributed by atoms with van der Waals surface area (Å²) < 4.78 is 1.58. The Balaban J connectivity index is 3.20. The van der Waals surface area contributed by atoms with E-state index in [-0.39, 0.29) is 0 Å². The number of aliphatic hydroxyl groups excluding tert-OH is 1. The molecule has 0 fully saturated rings. The summed E-state index contributed by atoms with van der Waals surface area (Å²) in [6.45, 7) is 3.43. The second kappa shape index (κ2) is 3.18. The normalized spacial score (nSPS) is 12.9. The Kier molecular flexibility index (Phi) is 2.38. The van der Waals surface area contributed by atoms with Gasteiger partial charge in [0.05, 0.1) is 11.4 Å². The summed E-state index contributed by atoms with van der Waals surface area (Å²) in [7, 11) is 1.68. The summed E-state index contributed by atoms with van der Waals surface area (Å²) in [5.74, 6) is -0.570. The van der Waals surface area contributed by atoms with Crippen molar-refractivity contribution in [3.8, 4) is 0 Å². The first-order valence-corrected chi connectivity index (χ1v) is 3.85. The van der Waals surface area contributed by atoms with Gasteiger partial charge in [0.15, 0.2) is 6.10 Å². The fraction of sp³-hybridized carbons (Fsp3) is 0.500. The van der Waals surface area contributed by atoms with Crippen LogP contribution in [-0.2, 0) is 11.8 Å². The monoisotopic (exact) mass is 184 g/mol. The van der Waals surface area contributed by atoms with E-state index in [0.29, 0.717) is 17.2 Å². The van der Waals surface area contributed by atoms with Crippen LogP contribution in [0, 0.1) is 13.8 Å². The van der Waals surface area contributed by atoms with Gasteiger partial charge in [-0.05, 0) is 13.8 Å². The Bertz CT molecular complexity index is 343. The zero-order valence-electron chi connectivity index (χ0n) is 7.77. The Labute approximate surface area is 75.6 Å². The van der Waals surface area contributed by atoms with Crippen molar-refractivity contribution >= 4 is 5.97 Å². The Hall–Kier alpha value is -1.36. The van der Waals surface area contributed by atoms with E-state index in [0.717, 1.165) is 0 Å². The average Bonchev–Trinajstić information content (AvgIpc) is 2.26. The van der Waals surface area contributed by atoms with E-state index in [1.54, 1.807) is 25.5 Å². The van der Waals surface area contributed by atoms with Crippen LogP contribution in [0.4, 0.5) is 0 Å². The van der Waals surface area contributed by atoms with Gasteiger partial charge in [0, 0.05) is 7.05 Å². The maximum Gasteiger partial charge on any atom is 0.338 e. The number of carboxylic acid groups (broad SMARTS) is 1. The molecule has 72 valence electrons. The summed E-state index contributed by atoms with van der Waals surface area (Å²) in [6.07, 6.45) is -1.49. The lowest BCUT2D eigenvalue weighted by atomic mass is 10.2. The average molecular weight is 184 g/mol. The molecule has 0 aliphatic carbocycles. The Morgan fingerprint density at radius 2 is 2.08 bits per heavy atom. The highest BCUT2D eigenvalue weighted by molar-refractivity contribution is 5.73. The molecular formula is C8H12N2O3. The third kappa shape index (κ3) is 1.55. The number of carbonyl (C=O) groups is 1. The topological polar surface area (TPSA) is 75.3 Å². The molecule has 0 saturated heterocycles. The second-order valence-electron chi connectivity index (χ2n) is 2.93. The molecule has 0 spiro atoms. The molecule has 0 aromatic carbocycles. The fourth-order valence-electron chi connectivity index (χ4n) is 1.29. The highest BCUT2D eigenvalue weighted by atomic mass is 16.4. The van der Waals surface area contributed by atoms with Crippen LogP contribution >= 0.6 is 0 Å². The largest absolute Gasteiger partial charge is 0.479 e. The first kappa shape index (κ1) is 9.73. The molecule has 5 nitrogen and oxygen atoms in total. The van der Waals surface area contributed by atoms with Gasteiger partial charge in [-0.3, -0.25) is 0 Å². The molecule has 0 aliphatic rings. The summed E-state index contributed by atoms with van der Waals surface area (Å²) in [5, 5.41) is 17.9. The maximum atomic E-state index is 10.5. The van der Waals surface area contributed by atoms with Gasteiger partial charge in [-0.2, -0.15) is 0 Å². The highest BCUT2D eigenvalue weighted by Gasteiger charge is 2.23. The fourth-order valence-corrected chi connectivity index (χ4v) is 1.29. The quantitative estimate of drug-likeness (QED) is 0.686.